The molecule has 2 aromatic heterocycles. The number of fused-ring (bicyclic) bond motifs is 1. The van der Waals surface area contributed by atoms with Crippen molar-refractivity contribution in [2.75, 3.05) is 25.5 Å². The Bertz CT molecular complexity index is 860. The van der Waals surface area contributed by atoms with Gasteiger partial charge in [0.1, 0.15) is 5.75 Å². The summed E-state index contributed by atoms with van der Waals surface area (Å²) in [6.07, 6.45) is 5.99. The van der Waals surface area contributed by atoms with Crippen molar-refractivity contribution in [3.8, 4) is 5.75 Å². The van der Waals surface area contributed by atoms with Gasteiger partial charge in [0.2, 0.25) is 0 Å². The molecule has 1 aliphatic rings. The Labute approximate surface area is 154 Å². The van der Waals surface area contributed by atoms with Crippen molar-refractivity contribution in [1.82, 2.24) is 14.9 Å². The van der Waals surface area contributed by atoms with Gasteiger partial charge < -0.3 is 10.1 Å². The average Bonchev–Trinajstić information content (AvgIpc) is 2.70. The minimum atomic E-state index is 0.479. The fourth-order valence-corrected chi connectivity index (χ4v) is 3.55. The van der Waals surface area contributed by atoms with E-state index in [2.05, 4.69) is 44.5 Å². The number of piperidine rings is 1. The van der Waals surface area contributed by atoms with Gasteiger partial charge in [-0.2, -0.15) is 0 Å². The summed E-state index contributed by atoms with van der Waals surface area (Å²) in [4.78, 5) is 11.4. The van der Waals surface area contributed by atoms with Crippen LogP contribution < -0.4 is 10.1 Å². The van der Waals surface area contributed by atoms with Gasteiger partial charge in [0.05, 0.1) is 18.3 Å². The van der Waals surface area contributed by atoms with E-state index in [1.54, 1.807) is 7.11 Å². The lowest BCUT2D eigenvalue weighted by Crippen LogP contribution is -2.38. The number of ether oxygens (including phenoxy) is 1. The summed E-state index contributed by atoms with van der Waals surface area (Å²) in [6, 6.07) is 14.7. The second-order valence-corrected chi connectivity index (χ2v) is 6.76. The highest BCUT2D eigenvalue weighted by Crippen LogP contribution is 2.27. The van der Waals surface area contributed by atoms with Crippen molar-refractivity contribution in [1.29, 1.82) is 0 Å². The maximum absolute atomic E-state index is 5.37. The Balaban J connectivity index is 1.41. The Morgan fingerprint density at radius 1 is 1.08 bits per heavy atom. The van der Waals surface area contributed by atoms with Crippen LogP contribution in [-0.2, 0) is 6.54 Å². The number of anilines is 1. The molecule has 0 unspecified atom stereocenters. The zero-order valence-corrected chi connectivity index (χ0v) is 15.1. The van der Waals surface area contributed by atoms with Crippen molar-refractivity contribution < 1.29 is 4.74 Å². The molecule has 1 fully saturated rings. The van der Waals surface area contributed by atoms with E-state index < -0.39 is 0 Å². The summed E-state index contributed by atoms with van der Waals surface area (Å²) in [5.74, 6) is 0.860. The highest BCUT2D eigenvalue weighted by atomic mass is 16.5. The first-order valence-electron chi connectivity index (χ1n) is 9.13. The van der Waals surface area contributed by atoms with Crippen LogP contribution in [0.3, 0.4) is 0 Å². The molecule has 3 heterocycles. The molecule has 3 aromatic rings. The lowest BCUT2D eigenvalue weighted by Gasteiger charge is -2.32. The highest BCUT2D eigenvalue weighted by molar-refractivity contribution is 5.92. The number of nitrogens with one attached hydrogen (secondary N) is 1. The van der Waals surface area contributed by atoms with Crippen LogP contribution in [-0.4, -0.2) is 41.1 Å². The first-order valence-corrected chi connectivity index (χ1v) is 9.13. The SMILES string of the molecule is COc1ccc2nccc(NC3CCN(Cc4ccccn4)CC3)c2c1. The summed E-state index contributed by atoms with van der Waals surface area (Å²) in [5, 5.41) is 4.84. The number of aromatic nitrogens is 2. The van der Waals surface area contributed by atoms with Gasteiger partial charge in [-0.1, -0.05) is 6.07 Å². The third-order valence-corrected chi connectivity index (χ3v) is 5.01. The first kappa shape index (κ1) is 16.8. The van der Waals surface area contributed by atoms with Crippen LogP contribution in [0.1, 0.15) is 18.5 Å². The number of likely N-dealkylation sites (tertiary alicyclic amines) is 1. The van der Waals surface area contributed by atoms with E-state index in [0.29, 0.717) is 6.04 Å². The molecule has 1 saturated heterocycles. The number of methoxy groups -OCH3 is 1. The summed E-state index contributed by atoms with van der Waals surface area (Å²) >= 11 is 0. The van der Waals surface area contributed by atoms with E-state index in [0.717, 1.165) is 60.5 Å². The fourth-order valence-electron chi connectivity index (χ4n) is 3.55. The molecule has 26 heavy (non-hydrogen) atoms. The van der Waals surface area contributed by atoms with Crippen molar-refractivity contribution in [2.45, 2.75) is 25.4 Å². The van der Waals surface area contributed by atoms with Crippen molar-refractivity contribution in [3.63, 3.8) is 0 Å². The molecule has 0 atom stereocenters. The standard InChI is InChI=1S/C21H24N4O/c1-26-18-5-6-20-19(14-18)21(7-11-23-20)24-16-8-12-25(13-9-16)15-17-4-2-3-10-22-17/h2-7,10-11,14,16H,8-9,12-13,15H2,1H3,(H,23,24). The average molecular weight is 348 g/mol. The predicted octanol–water partition coefficient (Wildman–Crippen LogP) is 3.71. The Kier molecular flexibility index (Phi) is 4.97. The third-order valence-electron chi connectivity index (χ3n) is 5.01. The molecule has 0 spiro atoms. The molecule has 134 valence electrons. The summed E-state index contributed by atoms with van der Waals surface area (Å²) in [5.41, 5.74) is 3.27. The molecule has 0 aliphatic carbocycles. The maximum Gasteiger partial charge on any atom is 0.119 e. The second kappa shape index (κ2) is 7.70. The summed E-state index contributed by atoms with van der Waals surface area (Å²) < 4.78 is 5.37. The Morgan fingerprint density at radius 2 is 1.96 bits per heavy atom. The van der Waals surface area contributed by atoms with Gasteiger partial charge in [0, 0.05) is 49.1 Å². The fraction of sp³-hybridized carbons (Fsp3) is 0.333. The van der Waals surface area contributed by atoms with Crippen LogP contribution >= 0.6 is 0 Å². The van der Waals surface area contributed by atoms with Gasteiger partial charge >= 0.3 is 0 Å². The molecule has 0 radical (unpaired) electrons. The van der Waals surface area contributed by atoms with Crippen LogP contribution in [0.2, 0.25) is 0 Å². The normalized spacial score (nSPS) is 15.9. The molecule has 0 saturated carbocycles. The molecule has 5 heteroatoms. The topological polar surface area (TPSA) is 50.3 Å². The molecule has 1 N–H and O–H groups in total. The Hall–Kier alpha value is -2.66. The minimum Gasteiger partial charge on any atom is -0.497 e. The van der Waals surface area contributed by atoms with E-state index >= 15 is 0 Å². The van der Waals surface area contributed by atoms with E-state index in [9.17, 15) is 0 Å². The zero-order chi connectivity index (χ0) is 17.8. The summed E-state index contributed by atoms with van der Waals surface area (Å²) in [7, 11) is 1.70. The molecule has 5 nitrogen and oxygen atoms in total. The van der Waals surface area contributed by atoms with Gasteiger partial charge in [0.15, 0.2) is 0 Å². The summed E-state index contributed by atoms with van der Waals surface area (Å²) in [6.45, 7) is 3.10. The lowest BCUT2D eigenvalue weighted by molar-refractivity contribution is 0.209. The second-order valence-electron chi connectivity index (χ2n) is 6.76. The van der Waals surface area contributed by atoms with Gasteiger partial charge in [-0.05, 0) is 49.2 Å². The Morgan fingerprint density at radius 3 is 2.73 bits per heavy atom. The molecule has 1 aromatic carbocycles. The third kappa shape index (κ3) is 3.78. The molecular weight excluding hydrogens is 324 g/mol. The molecule has 4 rings (SSSR count). The van der Waals surface area contributed by atoms with Crippen LogP contribution in [0.4, 0.5) is 5.69 Å². The first-order chi connectivity index (χ1) is 12.8. The monoisotopic (exact) mass is 348 g/mol. The number of hydrogen-bond acceptors (Lipinski definition) is 5. The number of rotatable bonds is 5. The van der Waals surface area contributed by atoms with Crippen LogP contribution in [0.15, 0.2) is 54.9 Å². The van der Waals surface area contributed by atoms with Crippen LogP contribution in [0, 0.1) is 0 Å². The number of nitrogens with zero attached hydrogens (tertiary/aromatic N) is 3. The number of hydrogen-bond donors (Lipinski definition) is 1. The predicted molar refractivity (Wildman–Crippen MR) is 104 cm³/mol. The van der Waals surface area contributed by atoms with Crippen molar-refractivity contribution in [3.05, 3.63) is 60.6 Å². The highest BCUT2D eigenvalue weighted by Gasteiger charge is 2.20. The minimum absolute atomic E-state index is 0.479. The van der Waals surface area contributed by atoms with Crippen molar-refractivity contribution >= 4 is 16.6 Å². The van der Waals surface area contributed by atoms with Crippen LogP contribution in [0.25, 0.3) is 10.9 Å². The van der Waals surface area contributed by atoms with E-state index in [4.69, 9.17) is 4.74 Å². The maximum atomic E-state index is 5.37. The van der Waals surface area contributed by atoms with Gasteiger partial charge in [-0.3, -0.25) is 14.9 Å². The number of benzene rings is 1. The van der Waals surface area contributed by atoms with Crippen LogP contribution in [0.5, 0.6) is 5.75 Å². The van der Waals surface area contributed by atoms with E-state index in [-0.39, 0.29) is 0 Å². The van der Waals surface area contributed by atoms with E-state index in [1.165, 1.54) is 0 Å². The largest absolute Gasteiger partial charge is 0.497 e. The molecule has 0 amide bonds. The quantitative estimate of drug-likeness (QED) is 0.762. The lowest BCUT2D eigenvalue weighted by atomic mass is 10.0. The van der Waals surface area contributed by atoms with Gasteiger partial charge in [-0.25, -0.2) is 0 Å². The number of pyridine rings is 2. The molecule has 1 aliphatic heterocycles. The smallest absolute Gasteiger partial charge is 0.119 e. The zero-order valence-electron chi connectivity index (χ0n) is 15.1. The molecular formula is C21H24N4O. The van der Waals surface area contributed by atoms with Crippen molar-refractivity contribution in [2.24, 2.45) is 0 Å². The van der Waals surface area contributed by atoms with Gasteiger partial charge in [0.25, 0.3) is 0 Å². The van der Waals surface area contributed by atoms with Gasteiger partial charge in [-0.15, -0.1) is 0 Å². The van der Waals surface area contributed by atoms with E-state index in [1.807, 2.05) is 30.6 Å². The molecule has 0 bridgehead atoms.